The number of carbonyl (C=O) groups excluding carboxylic acids is 1. The van der Waals surface area contributed by atoms with Gasteiger partial charge in [-0.05, 0) is 6.42 Å². The van der Waals surface area contributed by atoms with Crippen molar-refractivity contribution in [3.8, 4) is 6.07 Å². The maximum atomic E-state index is 11.9. The molecule has 0 aliphatic carbocycles. The number of amides is 1. The maximum absolute atomic E-state index is 11.9. The number of nitrogens with zero attached hydrogens (tertiary/aromatic N) is 2. The molecule has 0 atom stereocenters. The molecule has 108 valence electrons. The molecule has 0 unspecified atom stereocenters. The van der Waals surface area contributed by atoms with Gasteiger partial charge in [0.25, 0.3) is 5.91 Å². The second kappa shape index (κ2) is 11.5. The van der Waals surface area contributed by atoms with Gasteiger partial charge in [-0.25, -0.2) is 0 Å². The average molecular weight is 269 g/mol. The second-order valence-electron chi connectivity index (χ2n) is 4.07. The molecule has 0 spiro atoms. The zero-order chi connectivity index (χ0) is 14.5. The summed E-state index contributed by atoms with van der Waals surface area (Å²) in [4.78, 5) is 13.2. The Morgan fingerprint density at radius 1 is 1.32 bits per heavy atom. The van der Waals surface area contributed by atoms with E-state index in [4.69, 9.17) is 15.5 Å². The van der Waals surface area contributed by atoms with Crippen LogP contribution in [-0.2, 0) is 4.79 Å². The van der Waals surface area contributed by atoms with Crippen LogP contribution in [0.3, 0.4) is 0 Å². The lowest BCUT2D eigenvalue weighted by atomic mass is 10.2. The van der Waals surface area contributed by atoms with Crippen molar-refractivity contribution in [2.24, 2.45) is 0 Å². The van der Waals surface area contributed by atoms with Crippen LogP contribution in [0.1, 0.15) is 26.2 Å². The molecule has 1 amide bonds. The number of carbonyl (C=O) groups is 1. The van der Waals surface area contributed by atoms with Gasteiger partial charge < -0.3 is 20.4 Å². The monoisotopic (exact) mass is 269 g/mol. The minimum atomic E-state index is -0.478. The van der Waals surface area contributed by atoms with Gasteiger partial charge in [0.1, 0.15) is 11.6 Å². The van der Waals surface area contributed by atoms with E-state index in [1.54, 1.807) is 0 Å². The van der Waals surface area contributed by atoms with Crippen LogP contribution < -0.4 is 5.32 Å². The molecule has 0 aliphatic rings. The highest BCUT2D eigenvalue weighted by Crippen LogP contribution is 2.00. The fourth-order valence-electron chi connectivity index (χ4n) is 1.52. The Morgan fingerprint density at radius 2 is 1.95 bits per heavy atom. The molecule has 0 saturated heterocycles. The molecule has 6 heteroatoms. The summed E-state index contributed by atoms with van der Waals surface area (Å²) < 4.78 is 0. The van der Waals surface area contributed by atoms with Crippen LogP contribution in [0.5, 0.6) is 0 Å². The molecule has 0 aromatic heterocycles. The van der Waals surface area contributed by atoms with Crippen molar-refractivity contribution in [1.82, 2.24) is 10.2 Å². The molecule has 19 heavy (non-hydrogen) atoms. The highest BCUT2D eigenvalue weighted by atomic mass is 16.3. The van der Waals surface area contributed by atoms with Gasteiger partial charge >= 0.3 is 0 Å². The van der Waals surface area contributed by atoms with Gasteiger partial charge in [-0.1, -0.05) is 19.8 Å². The zero-order valence-electron chi connectivity index (χ0n) is 11.4. The standard InChI is InChI=1S/C13H23N3O3/c1-2-3-4-5-15-11-12(10-14)13(19)16(6-8-17)7-9-18/h11,15,17-18H,2-9H2,1H3/b12-11-. The fraction of sp³-hybridized carbons (Fsp3) is 0.692. The van der Waals surface area contributed by atoms with Gasteiger partial charge in [0, 0.05) is 25.8 Å². The summed E-state index contributed by atoms with van der Waals surface area (Å²) in [6.45, 7) is 2.62. The third-order valence-electron chi connectivity index (χ3n) is 2.55. The summed E-state index contributed by atoms with van der Waals surface area (Å²) in [5.74, 6) is -0.478. The fourth-order valence-corrected chi connectivity index (χ4v) is 1.52. The third kappa shape index (κ3) is 7.44. The highest BCUT2D eigenvalue weighted by Gasteiger charge is 2.17. The summed E-state index contributed by atoms with van der Waals surface area (Å²) in [5, 5.41) is 29.6. The van der Waals surface area contributed by atoms with E-state index in [1.807, 2.05) is 6.07 Å². The molecule has 0 radical (unpaired) electrons. The Kier molecular flexibility index (Phi) is 10.6. The van der Waals surface area contributed by atoms with Gasteiger partial charge in [-0.15, -0.1) is 0 Å². The number of rotatable bonds is 10. The van der Waals surface area contributed by atoms with Gasteiger partial charge in [-0.2, -0.15) is 5.26 Å². The topological polar surface area (TPSA) is 96.6 Å². The molecule has 6 nitrogen and oxygen atoms in total. The average Bonchev–Trinajstić information content (AvgIpc) is 2.42. The first kappa shape index (κ1) is 17.4. The van der Waals surface area contributed by atoms with Gasteiger partial charge in [0.15, 0.2) is 0 Å². The van der Waals surface area contributed by atoms with E-state index >= 15 is 0 Å². The smallest absolute Gasteiger partial charge is 0.266 e. The number of hydrogen-bond acceptors (Lipinski definition) is 5. The molecule has 0 rings (SSSR count). The number of nitriles is 1. The Bertz CT molecular complexity index is 318. The number of aliphatic hydroxyl groups is 2. The second-order valence-corrected chi connectivity index (χ2v) is 4.07. The van der Waals surface area contributed by atoms with Crippen LogP contribution in [0.15, 0.2) is 11.8 Å². The van der Waals surface area contributed by atoms with E-state index in [0.29, 0.717) is 6.54 Å². The van der Waals surface area contributed by atoms with Crippen molar-refractivity contribution < 1.29 is 15.0 Å². The largest absolute Gasteiger partial charge is 0.395 e. The van der Waals surface area contributed by atoms with Crippen LogP contribution in [-0.4, -0.2) is 53.9 Å². The van der Waals surface area contributed by atoms with Crippen LogP contribution in [0.25, 0.3) is 0 Å². The Labute approximate surface area is 114 Å². The first-order valence-corrected chi connectivity index (χ1v) is 6.55. The first-order valence-electron chi connectivity index (χ1n) is 6.55. The molecule has 0 aliphatic heterocycles. The molecule has 0 aromatic carbocycles. The lowest BCUT2D eigenvalue weighted by molar-refractivity contribution is -0.127. The van der Waals surface area contributed by atoms with Gasteiger partial charge in [0.05, 0.1) is 13.2 Å². The van der Waals surface area contributed by atoms with Gasteiger partial charge in [0.2, 0.25) is 0 Å². The quantitative estimate of drug-likeness (QED) is 0.294. The molecule has 0 fully saturated rings. The van der Waals surface area contributed by atoms with Crippen LogP contribution in [0, 0.1) is 11.3 Å². The van der Waals surface area contributed by atoms with Crippen molar-refractivity contribution in [1.29, 1.82) is 5.26 Å². The van der Waals surface area contributed by atoms with Crippen molar-refractivity contribution in [2.75, 3.05) is 32.8 Å². The normalized spacial score (nSPS) is 10.9. The van der Waals surface area contributed by atoms with E-state index in [1.165, 1.54) is 11.1 Å². The molecule has 3 N–H and O–H groups in total. The minimum absolute atomic E-state index is 0.0154. The lowest BCUT2D eigenvalue weighted by Crippen LogP contribution is -2.37. The van der Waals surface area contributed by atoms with Crippen molar-refractivity contribution in [3.63, 3.8) is 0 Å². The summed E-state index contributed by atoms with van der Waals surface area (Å²) in [7, 11) is 0. The molecule has 0 aromatic rings. The Balaban J connectivity index is 4.42. The Hall–Kier alpha value is -1.58. The van der Waals surface area contributed by atoms with Crippen LogP contribution in [0.4, 0.5) is 0 Å². The van der Waals surface area contributed by atoms with E-state index in [2.05, 4.69) is 12.2 Å². The van der Waals surface area contributed by atoms with Crippen LogP contribution in [0.2, 0.25) is 0 Å². The number of hydrogen-bond donors (Lipinski definition) is 3. The summed E-state index contributed by atoms with van der Waals surface area (Å²) in [6, 6.07) is 1.83. The predicted molar refractivity (Wildman–Crippen MR) is 72.0 cm³/mol. The van der Waals surface area contributed by atoms with Crippen LogP contribution >= 0.6 is 0 Å². The van der Waals surface area contributed by atoms with Crippen molar-refractivity contribution in [2.45, 2.75) is 26.2 Å². The van der Waals surface area contributed by atoms with E-state index in [-0.39, 0.29) is 31.9 Å². The first-order chi connectivity index (χ1) is 9.21. The van der Waals surface area contributed by atoms with E-state index in [0.717, 1.165) is 19.3 Å². The predicted octanol–water partition coefficient (Wildman–Crippen LogP) is -0.0131. The summed E-state index contributed by atoms with van der Waals surface area (Å²) >= 11 is 0. The third-order valence-corrected chi connectivity index (χ3v) is 2.55. The van der Waals surface area contributed by atoms with Crippen molar-refractivity contribution >= 4 is 5.91 Å². The molecule has 0 heterocycles. The molecular weight excluding hydrogens is 246 g/mol. The minimum Gasteiger partial charge on any atom is -0.395 e. The summed E-state index contributed by atoms with van der Waals surface area (Å²) in [6.07, 6.45) is 4.59. The number of aliphatic hydroxyl groups excluding tert-OH is 2. The highest BCUT2D eigenvalue weighted by molar-refractivity contribution is 5.97. The SMILES string of the molecule is CCCCCN/C=C(/C#N)C(=O)N(CCO)CCO. The maximum Gasteiger partial charge on any atom is 0.266 e. The zero-order valence-corrected chi connectivity index (χ0v) is 11.4. The Morgan fingerprint density at radius 3 is 2.42 bits per heavy atom. The molecule has 0 saturated carbocycles. The lowest BCUT2D eigenvalue weighted by Gasteiger charge is -2.19. The number of unbranched alkanes of at least 4 members (excludes halogenated alkanes) is 2. The molecular formula is C13H23N3O3. The number of nitrogens with one attached hydrogen (secondary N) is 1. The van der Waals surface area contributed by atoms with E-state index in [9.17, 15) is 4.79 Å². The summed E-state index contributed by atoms with van der Waals surface area (Å²) in [5.41, 5.74) is -0.0154. The van der Waals surface area contributed by atoms with Crippen molar-refractivity contribution in [3.05, 3.63) is 11.8 Å². The van der Waals surface area contributed by atoms with E-state index < -0.39 is 5.91 Å². The van der Waals surface area contributed by atoms with Gasteiger partial charge in [-0.3, -0.25) is 4.79 Å². The molecule has 0 bridgehead atoms.